The van der Waals surface area contributed by atoms with Gasteiger partial charge in [0.05, 0.1) is 6.42 Å². The molecule has 82 valence electrons. The zero-order valence-corrected chi connectivity index (χ0v) is 8.90. The molecule has 1 aromatic heterocycles. The van der Waals surface area contributed by atoms with Crippen molar-refractivity contribution in [1.82, 2.24) is 4.98 Å². The zero-order chi connectivity index (χ0) is 11.4. The molecule has 1 amide bonds. The van der Waals surface area contributed by atoms with Gasteiger partial charge in [-0.15, -0.1) is 11.3 Å². The van der Waals surface area contributed by atoms with Crippen molar-refractivity contribution in [2.45, 2.75) is 12.5 Å². The van der Waals surface area contributed by atoms with Gasteiger partial charge in [0.25, 0.3) is 0 Å². The monoisotopic (exact) mass is 229 g/mol. The fraction of sp³-hybridized carbons (Fsp3) is 0.375. The molecule has 0 unspecified atom stereocenters. The van der Waals surface area contributed by atoms with Crippen LogP contribution in [0.25, 0.3) is 0 Å². The van der Waals surface area contributed by atoms with Gasteiger partial charge in [-0.2, -0.15) is 0 Å². The van der Waals surface area contributed by atoms with Gasteiger partial charge in [0.2, 0.25) is 5.91 Å². The minimum Gasteiger partial charge on any atom is -0.480 e. The van der Waals surface area contributed by atoms with E-state index in [1.54, 1.807) is 11.6 Å². The lowest BCUT2D eigenvalue weighted by Crippen LogP contribution is -2.37. The maximum Gasteiger partial charge on any atom is 0.321 e. The number of hydrogen-bond acceptors (Lipinski definition) is 5. The molecular formula is C8H11N3O3S. The van der Waals surface area contributed by atoms with Crippen LogP contribution < -0.4 is 10.6 Å². The highest BCUT2D eigenvalue weighted by molar-refractivity contribution is 7.13. The van der Waals surface area contributed by atoms with Gasteiger partial charge >= 0.3 is 5.97 Å². The molecule has 0 aliphatic rings. The van der Waals surface area contributed by atoms with Gasteiger partial charge in [0.15, 0.2) is 5.13 Å². The largest absolute Gasteiger partial charge is 0.480 e. The number of rotatable bonds is 4. The first kappa shape index (κ1) is 11.6. The van der Waals surface area contributed by atoms with Crippen LogP contribution in [0.1, 0.15) is 6.42 Å². The van der Waals surface area contributed by atoms with Crippen LogP contribution in [0.2, 0.25) is 0 Å². The van der Waals surface area contributed by atoms with Crippen molar-refractivity contribution < 1.29 is 14.7 Å². The predicted octanol–water partition coefficient (Wildman–Crippen LogP) is -0.0921. The lowest BCUT2D eigenvalue weighted by molar-refractivity contribution is -0.140. The van der Waals surface area contributed by atoms with E-state index in [-0.39, 0.29) is 12.3 Å². The Balaban J connectivity index is 2.58. The average molecular weight is 229 g/mol. The zero-order valence-electron chi connectivity index (χ0n) is 8.08. The molecule has 0 fully saturated rings. The number of carbonyl (C=O) groups is 2. The predicted molar refractivity (Wildman–Crippen MR) is 55.8 cm³/mol. The molecule has 0 aliphatic heterocycles. The van der Waals surface area contributed by atoms with E-state index < -0.39 is 12.0 Å². The summed E-state index contributed by atoms with van der Waals surface area (Å²) in [5, 5.41) is 10.8. The molecule has 6 nitrogen and oxygen atoms in total. The lowest BCUT2D eigenvalue weighted by Gasteiger charge is -2.14. The molecule has 0 saturated heterocycles. The summed E-state index contributed by atoms with van der Waals surface area (Å²) in [5.74, 6) is -1.55. The number of amides is 1. The van der Waals surface area contributed by atoms with Gasteiger partial charge < -0.3 is 10.8 Å². The molecule has 0 saturated carbocycles. The fourth-order valence-electron chi connectivity index (χ4n) is 0.901. The topological polar surface area (TPSA) is 96.5 Å². The van der Waals surface area contributed by atoms with Crippen molar-refractivity contribution >= 4 is 28.3 Å². The van der Waals surface area contributed by atoms with Gasteiger partial charge in [-0.05, 0) is 0 Å². The van der Waals surface area contributed by atoms with Gasteiger partial charge in [0, 0.05) is 18.6 Å². The van der Waals surface area contributed by atoms with Crippen LogP contribution in [-0.4, -0.2) is 35.1 Å². The summed E-state index contributed by atoms with van der Waals surface area (Å²) >= 11 is 1.30. The van der Waals surface area contributed by atoms with Gasteiger partial charge in [-0.1, -0.05) is 0 Å². The number of thiazole rings is 1. The molecule has 0 radical (unpaired) electrons. The normalized spacial score (nSPS) is 12.1. The van der Waals surface area contributed by atoms with Gasteiger partial charge in [-0.3, -0.25) is 14.5 Å². The summed E-state index contributed by atoms with van der Waals surface area (Å²) in [5.41, 5.74) is 5.24. The van der Waals surface area contributed by atoms with Gasteiger partial charge in [-0.25, -0.2) is 4.98 Å². The minimum absolute atomic E-state index is 0.231. The van der Waals surface area contributed by atoms with Crippen molar-refractivity contribution in [2.24, 2.45) is 5.73 Å². The van der Waals surface area contributed by atoms with Crippen LogP contribution in [0, 0.1) is 0 Å². The Morgan fingerprint density at radius 1 is 1.73 bits per heavy atom. The Labute approximate surface area is 90.3 Å². The third-order valence-corrected chi connectivity index (χ3v) is 2.64. The summed E-state index contributed by atoms with van der Waals surface area (Å²) < 4.78 is 0. The number of anilines is 1. The maximum atomic E-state index is 11.5. The number of hydrogen-bond donors (Lipinski definition) is 2. The van der Waals surface area contributed by atoms with Crippen LogP contribution >= 0.6 is 11.3 Å². The second kappa shape index (κ2) is 4.85. The van der Waals surface area contributed by atoms with E-state index in [1.807, 2.05) is 0 Å². The van der Waals surface area contributed by atoms with Crippen LogP contribution in [-0.2, 0) is 9.59 Å². The Morgan fingerprint density at radius 2 is 2.40 bits per heavy atom. The molecule has 0 aromatic carbocycles. The van der Waals surface area contributed by atoms with E-state index in [4.69, 9.17) is 10.8 Å². The minimum atomic E-state index is -1.18. The molecule has 1 heterocycles. The average Bonchev–Trinajstić information content (AvgIpc) is 2.68. The highest BCUT2D eigenvalue weighted by atomic mass is 32.1. The van der Waals surface area contributed by atoms with E-state index in [0.717, 1.165) is 0 Å². The van der Waals surface area contributed by atoms with Crippen LogP contribution in [0.5, 0.6) is 0 Å². The number of carbonyl (C=O) groups excluding carboxylic acids is 1. The van der Waals surface area contributed by atoms with Crippen molar-refractivity contribution in [3.8, 4) is 0 Å². The van der Waals surface area contributed by atoms with Crippen molar-refractivity contribution in [2.75, 3.05) is 11.9 Å². The molecule has 0 aliphatic carbocycles. The van der Waals surface area contributed by atoms with Crippen LogP contribution in [0.15, 0.2) is 11.6 Å². The van der Waals surface area contributed by atoms with Crippen LogP contribution in [0.4, 0.5) is 5.13 Å². The quantitative estimate of drug-likeness (QED) is 0.752. The van der Waals surface area contributed by atoms with E-state index in [2.05, 4.69) is 4.98 Å². The molecule has 1 atom stereocenters. The van der Waals surface area contributed by atoms with Crippen LogP contribution in [0.3, 0.4) is 0 Å². The molecule has 1 aromatic rings. The van der Waals surface area contributed by atoms with Crippen molar-refractivity contribution in [1.29, 1.82) is 0 Å². The Hall–Kier alpha value is -1.47. The number of carboxylic acids is 1. The second-order valence-electron chi connectivity index (χ2n) is 2.92. The van der Waals surface area contributed by atoms with E-state index in [1.165, 1.54) is 23.3 Å². The summed E-state index contributed by atoms with van der Waals surface area (Å²) in [4.78, 5) is 27.2. The molecular weight excluding hydrogens is 218 g/mol. The van der Waals surface area contributed by atoms with Crippen molar-refractivity contribution in [3.05, 3.63) is 11.6 Å². The third kappa shape index (κ3) is 3.00. The second-order valence-corrected chi connectivity index (χ2v) is 3.79. The first-order chi connectivity index (χ1) is 7.02. The first-order valence-corrected chi connectivity index (χ1v) is 5.04. The smallest absolute Gasteiger partial charge is 0.321 e. The van der Waals surface area contributed by atoms with E-state index >= 15 is 0 Å². The molecule has 3 N–H and O–H groups in total. The van der Waals surface area contributed by atoms with Crippen molar-refractivity contribution in [3.63, 3.8) is 0 Å². The standard InChI is InChI=1S/C8H11N3O3S/c1-11(8-10-2-3-15-8)6(12)4-5(9)7(13)14/h2-3,5H,4,9H2,1H3,(H,13,14)/t5-/m0/s1. The van der Waals surface area contributed by atoms with Gasteiger partial charge in [0.1, 0.15) is 6.04 Å². The highest BCUT2D eigenvalue weighted by Gasteiger charge is 2.20. The Kier molecular flexibility index (Phi) is 3.75. The summed E-state index contributed by atoms with van der Waals surface area (Å²) in [6.45, 7) is 0. The number of aliphatic carboxylic acids is 1. The molecule has 0 bridgehead atoms. The first-order valence-electron chi connectivity index (χ1n) is 4.17. The SMILES string of the molecule is CN(C(=O)C[C@H](N)C(=O)O)c1nccs1. The molecule has 1 rings (SSSR count). The molecule has 15 heavy (non-hydrogen) atoms. The number of nitrogens with zero attached hydrogens (tertiary/aromatic N) is 2. The third-order valence-electron chi connectivity index (χ3n) is 1.79. The fourth-order valence-corrected chi connectivity index (χ4v) is 1.53. The number of carboxylic acid groups (broad SMARTS) is 1. The van der Waals surface area contributed by atoms with E-state index in [9.17, 15) is 9.59 Å². The number of nitrogens with two attached hydrogens (primary N) is 1. The lowest BCUT2D eigenvalue weighted by atomic mass is 10.2. The summed E-state index contributed by atoms with van der Waals surface area (Å²) in [7, 11) is 1.54. The van der Waals surface area contributed by atoms with E-state index in [0.29, 0.717) is 5.13 Å². The molecule has 0 spiro atoms. The number of aromatic nitrogens is 1. The Bertz CT molecular complexity index is 352. The summed E-state index contributed by atoms with van der Waals surface area (Å²) in [6.07, 6.45) is 1.34. The Morgan fingerprint density at radius 3 is 2.87 bits per heavy atom. The molecule has 7 heteroatoms. The maximum absolute atomic E-state index is 11.5. The summed E-state index contributed by atoms with van der Waals surface area (Å²) in [6, 6.07) is -1.17. The highest BCUT2D eigenvalue weighted by Crippen LogP contribution is 2.16.